The second kappa shape index (κ2) is 4.80. The van der Waals surface area contributed by atoms with E-state index in [1.807, 2.05) is 30.3 Å². The quantitative estimate of drug-likeness (QED) is 0.892. The van der Waals surface area contributed by atoms with Gasteiger partial charge in [0.2, 0.25) is 0 Å². The number of amides is 1. The van der Waals surface area contributed by atoms with Crippen molar-refractivity contribution >= 4 is 6.09 Å². The summed E-state index contributed by atoms with van der Waals surface area (Å²) in [6, 6.07) is 9.66. The highest BCUT2D eigenvalue weighted by atomic mass is 16.6. The first-order valence-corrected chi connectivity index (χ1v) is 7.81. The van der Waals surface area contributed by atoms with E-state index < -0.39 is 0 Å². The predicted molar refractivity (Wildman–Crippen MR) is 76.4 cm³/mol. The topological polar surface area (TPSA) is 38.3 Å². The zero-order valence-electron chi connectivity index (χ0n) is 11.6. The molecule has 4 fully saturated rings. The number of hydrogen-bond acceptors (Lipinski definition) is 2. The fraction of sp³-hybridized carbons (Fsp3) is 0.588. The Hall–Kier alpha value is -1.51. The van der Waals surface area contributed by atoms with Gasteiger partial charge in [0.15, 0.2) is 0 Å². The third kappa shape index (κ3) is 2.19. The molecule has 0 radical (unpaired) electrons. The van der Waals surface area contributed by atoms with Crippen molar-refractivity contribution in [2.45, 2.75) is 38.1 Å². The maximum atomic E-state index is 12.1. The lowest BCUT2D eigenvalue weighted by atomic mass is 9.54. The molecule has 106 valence electrons. The van der Waals surface area contributed by atoms with E-state index in [-0.39, 0.29) is 6.09 Å². The summed E-state index contributed by atoms with van der Waals surface area (Å²) >= 11 is 0. The van der Waals surface area contributed by atoms with Gasteiger partial charge in [-0.2, -0.15) is 0 Å². The summed E-state index contributed by atoms with van der Waals surface area (Å²) in [6.07, 6.45) is 6.39. The monoisotopic (exact) mass is 271 g/mol. The lowest BCUT2D eigenvalue weighted by molar-refractivity contribution is -0.0114. The normalized spacial score (nSPS) is 37.7. The van der Waals surface area contributed by atoms with E-state index in [1.54, 1.807) is 0 Å². The van der Waals surface area contributed by atoms with Crippen LogP contribution in [0.15, 0.2) is 30.3 Å². The van der Waals surface area contributed by atoms with Gasteiger partial charge in [0, 0.05) is 6.04 Å². The highest BCUT2D eigenvalue weighted by Crippen LogP contribution is 2.53. The van der Waals surface area contributed by atoms with E-state index in [1.165, 1.54) is 32.1 Å². The number of para-hydroxylation sites is 1. The summed E-state index contributed by atoms with van der Waals surface area (Å²) in [5.41, 5.74) is 0. The van der Waals surface area contributed by atoms with Crippen LogP contribution < -0.4 is 10.1 Å². The highest BCUT2D eigenvalue weighted by molar-refractivity contribution is 5.70. The summed E-state index contributed by atoms with van der Waals surface area (Å²) < 4.78 is 5.37. The van der Waals surface area contributed by atoms with Gasteiger partial charge in [-0.25, -0.2) is 4.79 Å². The van der Waals surface area contributed by atoms with Crippen LogP contribution in [0.4, 0.5) is 4.79 Å². The molecule has 0 saturated heterocycles. The van der Waals surface area contributed by atoms with Crippen molar-refractivity contribution in [2.75, 3.05) is 0 Å². The van der Waals surface area contributed by atoms with Gasteiger partial charge < -0.3 is 10.1 Å². The summed E-state index contributed by atoms with van der Waals surface area (Å²) in [6.45, 7) is 0. The van der Waals surface area contributed by atoms with E-state index in [0.29, 0.717) is 23.6 Å². The molecule has 1 amide bonds. The minimum atomic E-state index is -0.284. The number of rotatable bonds is 2. The average Bonchev–Trinajstić information content (AvgIpc) is 2.43. The molecule has 4 bridgehead atoms. The molecule has 4 aliphatic carbocycles. The van der Waals surface area contributed by atoms with Gasteiger partial charge >= 0.3 is 6.09 Å². The number of hydrogen-bond donors (Lipinski definition) is 1. The minimum absolute atomic E-state index is 0.284. The first-order chi connectivity index (χ1) is 9.78. The van der Waals surface area contributed by atoms with Crippen LogP contribution in [-0.2, 0) is 0 Å². The zero-order chi connectivity index (χ0) is 13.5. The van der Waals surface area contributed by atoms with Crippen molar-refractivity contribution in [2.24, 2.45) is 23.7 Å². The maximum Gasteiger partial charge on any atom is 0.412 e. The predicted octanol–water partition coefficient (Wildman–Crippen LogP) is 3.60. The summed E-state index contributed by atoms with van der Waals surface area (Å²) in [7, 11) is 0. The van der Waals surface area contributed by atoms with E-state index in [2.05, 4.69) is 5.32 Å². The van der Waals surface area contributed by atoms with Crippen LogP contribution in [0.5, 0.6) is 5.75 Å². The second-order valence-corrected chi connectivity index (χ2v) is 6.80. The van der Waals surface area contributed by atoms with Crippen LogP contribution in [0.3, 0.4) is 0 Å². The third-order valence-electron chi connectivity index (χ3n) is 5.47. The molecule has 1 N–H and O–H groups in total. The van der Waals surface area contributed by atoms with Crippen LogP contribution in [0.1, 0.15) is 32.1 Å². The lowest BCUT2D eigenvalue weighted by Gasteiger charge is -2.54. The van der Waals surface area contributed by atoms with Gasteiger partial charge in [-0.05, 0) is 67.9 Å². The van der Waals surface area contributed by atoms with Crippen LogP contribution >= 0.6 is 0 Å². The molecule has 4 aliphatic rings. The first-order valence-electron chi connectivity index (χ1n) is 7.81. The SMILES string of the molecule is O=C(NC1C2CC3CC(C2)CC1C3)Oc1ccccc1. The Kier molecular flexibility index (Phi) is 2.94. The molecular formula is C17H21NO2. The lowest BCUT2D eigenvalue weighted by Crippen LogP contribution is -2.56. The molecule has 3 heteroatoms. The second-order valence-electron chi connectivity index (χ2n) is 6.80. The van der Waals surface area contributed by atoms with Crippen LogP contribution in [-0.4, -0.2) is 12.1 Å². The molecular weight excluding hydrogens is 250 g/mol. The van der Waals surface area contributed by atoms with Gasteiger partial charge in [0.25, 0.3) is 0 Å². The molecule has 0 heterocycles. The Morgan fingerprint density at radius 3 is 2.15 bits per heavy atom. The number of carbonyl (C=O) groups is 1. The number of ether oxygens (including phenoxy) is 1. The molecule has 0 aromatic heterocycles. The summed E-state index contributed by atoms with van der Waals surface area (Å²) in [5.74, 6) is 3.86. The molecule has 4 saturated carbocycles. The van der Waals surface area contributed by atoms with Gasteiger partial charge in [-0.1, -0.05) is 18.2 Å². The van der Waals surface area contributed by atoms with Crippen LogP contribution in [0, 0.1) is 23.7 Å². The first kappa shape index (κ1) is 12.2. The summed E-state index contributed by atoms with van der Waals surface area (Å²) in [5, 5.41) is 3.15. The Labute approximate surface area is 119 Å². The van der Waals surface area contributed by atoms with Gasteiger partial charge in [0.05, 0.1) is 0 Å². The van der Waals surface area contributed by atoms with E-state index in [0.717, 1.165) is 11.8 Å². The molecule has 5 rings (SSSR count). The molecule has 20 heavy (non-hydrogen) atoms. The van der Waals surface area contributed by atoms with Gasteiger partial charge in [-0.15, -0.1) is 0 Å². The number of nitrogens with one attached hydrogen (secondary N) is 1. The van der Waals surface area contributed by atoms with Crippen molar-refractivity contribution in [1.82, 2.24) is 5.32 Å². The summed E-state index contributed by atoms with van der Waals surface area (Å²) in [4.78, 5) is 12.1. The molecule has 0 spiro atoms. The van der Waals surface area contributed by atoms with Crippen molar-refractivity contribution in [1.29, 1.82) is 0 Å². The van der Waals surface area contributed by atoms with Crippen molar-refractivity contribution in [3.63, 3.8) is 0 Å². The molecule has 0 aliphatic heterocycles. The van der Waals surface area contributed by atoms with E-state index >= 15 is 0 Å². The van der Waals surface area contributed by atoms with Gasteiger partial charge in [0.1, 0.15) is 5.75 Å². The molecule has 1 aromatic rings. The third-order valence-corrected chi connectivity index (χ3v) is 5.47. The smallest absolute Gasteiger partial charge is 0.410 e. The van der Waals surface area contributed by atoms with Crippen molar-refractivity contribution in [3.8, 4) is 5.75 Å². The fourth-order valence-corrected chi connectivity index (χ4v) is 4.92. The van der Waals surface area contributed by atoms with E-state index in [4.69, 9.17) is 4.74 Å². The zero-order valence-corrected chi connectivity index (χ0v) is 11.6. The van der Waals surface area contributed by atoms with Gasteiger partial charge in [-0.3, -0.25) is 0 Å². The number of benzene rings is 1. The van der Waals surface area contributed by atoms with Crippen molar-refractivity contribution < 1.29 is 9.53 Å². The molecule has 0 unspecified atom stereocenters. The Morgan fingerprint density at radius 1 is 0.950 bits per heavy atom. The molecule has 1 aromatic carbocycles. The molecule has 0 atom stereocenters. The fourth-order valence-electron chi connectivity index (χ4n) is 4.92. The molecule has 3 nitrogen and oxygen atoms in total. The average molecular weight is 271 g/mol. The largest absolute Gasteiger partial charge is 0.412 e. The van der Waals surface area contributed by atoms with Crippen molar-refractivity contribution in [3.05, 3.63) is 30.3 Å². The Morgan fingerprint density at radius 2 is 1.55 bits per heavy atom. The van der Waals surface area contributed by atoms with E-state index in [9.17, 15) is 4.79 Å². The minimum Gasteiger partial charge on any atom is -0.410 e. The van der Waals surface area contributed by atoms with Crippen LogP contribution in [0.25, 0.3) is 0 Å². The standard InChI is InChI=1S/C17H21NO2/c19-17(20-15-4-2-1-3-5-15)18-16-13-7-11-6-12(9-13)10-14(16)8-11/h1-5,11-14,16H,6-10H2,(H,18,19). The highest BCUT2D eigenvalue weighted by Gasteiger charge is 2.48. The Balaban J connectivity index is 1.40. The van der Waals surface area contributed by atoms with Crippen LogP contribution in [0.2, 0.25) is 0 Å². The Bertz CT molecular complexity index is 471. The number of carbonyl (C=O) groups excluding carboxylic acids is 1. The maximum absolute atomic E-state index is 12.1.